The fraction of sp³-hybridized carbons (Fsp3) is 0.714. The van der Waals surface area contributed by atoms with E-state index in [0.717, 1.165) is 0 Å². The molecule has 0 amide bonds. The van der Waals surface area contributed by atoms with Crippen LogP contribution in [0.15, 0.2) is 5.57 Å². The minimum atomic E-state index is -6.77. The normalized spacial score (nSPS) is 35.1. The van der Waals surface area contributed by atoms with Crippen molar-refractivity contribution in [1.82, 2.24) is 0 Å². The Morgan fingerprint density at radius 2 is 1.12 bits per heavy atom. The van der Waals surface area contributed by atoms with Crippen LogP contribution in [0.1, 0.15) is 0 Å². The van der Waals surface area contributed by atoms with Crippen molar-refractivity contribution in [2.45, 2.75) is 29.6 Å². The van der Waals surface area contributed by atoms with E-state index in [-0.39, 0.29) is 0 Å². The molecule has 1 rings (SSSR count). The Morgan fingerprint density at radius 1 is 0.765 bits per heavy atom. The summed E-state index contributed by atoms with van der Waals surface area (Å²) in [6.45, 7) is 5.97. The summed E-state index contributed by atoms with van der Waals surface area (Å²) in [6.07, 6.45) is -6.77. The van der Waals surface area contributed by atoms with Crippen molar-refractivity contribution in [3.8, 4) is 0 Å². The Labute approximate surface area is 86.9 Å². The van der Waals surface area contributed by atoms with Gasteiger partial charge in [-0.2, -0.15) is 39.5 Å². The second-order valence-corrected chi connectivity index (χ2v) is 3.25. The highest BCUT2D eigenvalue weighted by molar-refractivity contribution is 5.40. The molecule has 1 aliphatic carbocycles. The van der Waals surface area contributed by atoms with Gasteiger partial charge in [0.2, 0.25) is 0 Å². The van der Waals surface area contributed by atoms with E-state index in [4.69, 9.17) is 6.58 Å². The fourth-order valence-electron chi connectivity index (χ4n) is 1.26. The lowest BCUT2D eigenvalue weighted by atomic mass is 9.96. The standard InChI is InChI=1S/C7F10/c1-2-3(8,7(15,16)17)5(11,12)6(13,14)4(2,9)10. The van der Waals surface area contributed by atoms with Crippen LogP contribution in [-0.4, -0.2) is 29.6 Å². The minimum Gasteiger partial charge on any atom is -0.221 e. The minimum absolute atomic E-state index is 3.70. The van der Waals surface area contributed by atoms with Crippen LogP contribution in [0.4, 0.5) is 43.9 Å². The Kier molecular flexibility index (Phi) is 2.40. The first-order chi connectivity index (χ1) is 7.15. The number of alkyl halides is 10. The van der Waals surface area contributed by atoms with Gasteiger partial charge in [-0.1, -0.05) is 0 Å². The molecule has 0 aromatic rings. The molecule has 0 N–H and O–H groups in total. The molecule has 1 unspecified atom stereocenters. The second-order valence-electron chi connectivity index (χ2n) is 3.25. The van der Waals surface area contributed by atoms with Gasteiger partial charge in [-0.3, -0.25) is 0 Å². The first-order valence-electron chi connectivity index (χ1n) is 3.64. The molecule has 2 radical (unpaired) electrons. The van der Waals surface area contributed by atoms with Crippen LogP contribution < -0.4 is 0 Å². The van der Waals surface area contributed by atoms with Crippen LogP contribution in [0.25, 0.3) is 0 Å². The third kappa shape index (κ3) is 1.16. The highest BCUT2D eigenvalue weighted by atomic mass is 19.4. The van der Waals surface area contributed by atoms with E-state index in [1.807, 2.05) is 0 Å². The lowest BCUT2D eigenvalue weighted by Crippen LogP contribution is -2.58. The summed E-state index contributed by atoms with van der Waals surface area (Å²) in [6, 6.07) is 0. The Hall–Kier alpha value is -0.960. The Morgan fingerprint density at radius 3 is 1.24 bits per heavy atom. The summed E-state index contributed by atoms with van der Waals surface area (Å²) in [4.78, 5) is 0. The molecule has 0 spiro atoms. The zero-order chi connectivity index (χ0) is 14.1. The largest absolute Gasteiger partial charge is 0.433 e. The molecule has 1 fully saturated rings. The number of hydrogen-bond acceptors (Lipinski definition) is 0. The van der Waals surface area contributed by atoms with Crippen molar-refractivity contribution in [3.05, 3.63) is 12.2 Å². The molecule has 1 atom stereocenters. The van der Waals surface area contributed by atoms with Gasteiger partial charge in [0, 0.05) is 0 Å². The van der Waals surface area contributed by atoms with Gasteiger partial charge < -0.3 is 0 Å². The van der Waals surface area contributed by atoms with Gasteiger partial charge in [-0.05, 0) is 6.58 Å². The third-order valence-corrected chi connectivity index (χ3v) is 2.27. The summed E-state index contributed by atoms with van der Waals surface area (Å²) in [5, 5.41) is 0. The van der Waals surface area contributed by atoms with Gasteiger partial charge in [-0.25, -0.2) is 4.39 Å². The number of halogens is 10. The maximum Gasteiger partial charge on any atom is 0.433 e. The van der Waals surface area contributed by atoms with Gasteiger partial charge >= 0.3 is 29.6 Å². The van der Waals surface area contributed by atoms with E-state index in [2.05, 4.69) is 0 Å². The summed E-state index contributed by atoms with van der Waals surface area (Å²) in [7, 11) is 0. The molecule has 0 aromatic carbocycles. The maximum absolute atomic E-state index is 12.9. The van der Waals surface area contributed by atoms with Gasteiger partial charge in [0.05, 0.1) is 5.57 Å². The van der Waals surface area contributed by atoms with E-state index >= 15 is 0 Å². The van der Waals surface area contributed by atoms with Crippen molar-refractivity contribution in [2.75, 3.05) is 0 Å². The number of rotatable bonds is 0. The molecular weight excluding hydrogens is 274 g/mol. The fourth-order valence-corrected chi connectivity index (χ4v) is 1.26. The molecule has 0 nitrogen and oxygen atoms in total. The smallest absolute Gasteiger partial charge is 0.221 e. The van der Waals surface area contributed by atoms with Crippen LogP contribution >= 0.6 is 0 Å². The van der Waals surface area contributed by atoms with Crippen molar-refractivity contribution >= 4 is 0 Å². The third-order valence-electron chi connectivity index (χ3n) is 2.27. The van der Waals surface area contributed by atoms with E-state index in [1.54, 1.807) is 0 Å². The molecule has 0 aromatic heterocycles. The molecule has 10 heteroatoms. The summed E-state index contributed by atoms with van der Waals surface area (Å²) < 4.78 is 123. The van der Waals surface area contributed by atoms with Crippen LogP contribution in [0, 0.1) is 6.58 Å². The molecule has 0 aliphatic heterocycles. The number of allylic oxidation sites excluding steroid dienone is 1. The molecule has 98 valence electrons. The van der Waals surface area contributed by atoms with E-state index in [0.29, 0.717) is 0 Å². The zero-order valence-corrected chi connectivity index (χ0v) is 7.28. The van der Waals surface area contributed by atoms with Gasteiger partial charge in [0.15, 0.2) is 0 Å². The lowest BCUT2D eigenvalue weighted by Gasteiger charge is -2.29. The highest BCUT2D eigenvalue weighted by Crippen LogP contribution is 2.68. The predicted molar refractivity (Wildman–Crippen MR) is 31.5 cm³/mol. The quantitative estimate of drug-likeness (QED) is 0.594. The average molecular weight is 274 g/mol. The second kappa shape index (κ2) is 2.89. The van der Waals surface area contributed by atoms with Crippen LogP contribution in [-0.2, 0) is 0 Å². The SMILES string of the molecule is [C]=C1C(F)(F)C(F)(F)C(F)(F)C1(F)C(F)(F)F. The molecule has 0 heterocycles. The first-order valence-corrected chi connectivity index (χ1v) is 3.64. The first kappa shape index (κ1) is 14.1. The molecular formula is C7F10. The molecule has 1 saturated carbocycles. The van der Waals surface area contributed by atoms with Crippen molar-refractivity contribution < 1.29 is 43.9 Å². The van der Waals surface area contributed by atoms with Gasteiger partial charge in [-0.15, -0.1) is 0 Å². The highest BCUT2D eigenvalue weighted by Gasteiger charge is 2.95. The Balaban J connectivity index is 3.63. The van der Waals surface area contributed by atoms with E-state index < -0.39 is 35.2 Å². The van der Waals surface area contributed by atoms with Crippen LogP contribution in [0.5, 0.6) is 0 Å². The predicted octanol–water partition coefficient (Wildman–Crippen LogP) is 3.41. The molecule has 0 bridgehead atoms. The van der Waals surface area contributed by atoms with Crippen LogP contribution in [0.3, 0.4) is 0 Å². The molecule has 17 heavy (non-hydrogen) atoms. The average Bonchev–Trinajstić information content (AvgIpc) is 2.17. The summed E-state index contributed by atoms with van der Waals surface area (Å²) in [5.74, 6) is -19.6. The Bertz CT molecular complexity index is 363. The monoisotopic (exact) mass is 274 g/mol. The summed E-state index contributed by atoms with van der Waals surface area (Å²) >= 11 is 0. The van der Waals surface area contributed by atoms with E-state index in [9.17, 15) is 43.9 Å². The lowest BCUT2D eigenvalue weighted by molar-refractivity contribution is -0.333. The van der Waals surface area contributed by atoms with Crippen molar-refractivity contribution in [3.63, 3.8) is 0 Å². The van der Waals surface area contributed by atoms with Gasteiger partial charge in [0.25, 0.3) is 0 Å². The van der Waals surface area contributed by atoms with Crippen LogP contribution in [0.2, 0.25) is 0 Å². The maximum atomic E-state index is 12.9. The zero-order valence-electron chi connectivity index (χ0n) is 7.28. The van der Waals surface area contributed by atoms with Gasteiger partial charge in [0.1, 0.15) is 0 Å². The van der Waals surface area contributed by atoms with Crippen molar-refractivity contribution in [2.24, 2.45) is 0 Å². The van der Waals surface area contributed by atoms with Crippen molar-refractivity contribution in [1.29, 1.82) is 0 Å². The number of hydrogen-bond donors (Lipinski definition) is 0. The molecule has 0 saturated heterocycles. The molecule has 1 aliphatic rings. The summed E-state index contributed by atoms with van der Waals surface area (Å²) in [5.41, 5.74) is -10.1. The van der Waals surface area contributed by atoms with E-state index in [1.165, 1.54) is 0 Å². The topological polar surface area (TPSA) is 0 Å².